The zero-order chi connectivity index (χ0) is 34.4. The second-order valence-electron chi connectivity index (χ2n) is 15.7. The predicted molar refractivity (Wildman–Crippen MR) is 204 cm³/mol. The molecule has 2 heterocycles. The van der Waals surface area contributed by atoms with Crippen LogP contribution in [0, 0.1) is 11.8 Å². The molecule has 254 valence electrons. The molecule has 4 aromatic carbocycles. The first-order valence-corrected chi connectivity index (χ1v) is 20.2. The normalized spacial score (nSPS) is 21.7. The summed E-state index contributed by atoms with van der Waals surface area (Å²) in [5.41, 5.74) is 2.38. The van der Waals surface area contributed by atoms with Crippen LogP contribution < -0.4 is 29.6 Å². The first kappa shape index (κ1) is 34.8. The molecule has 0 saturated carbocycles. The molecule has 0 radical (unpaired) electrons. The molecule has 0 unspecified atom stereocenters. The molecule has 6 heteroatoms. The van der Waals surface area contributed by atoms with Crippen molar-refractivity contribution < 1.29 is 18.9 Å². The van der Waals surface area contributed by atoms with Gasteiger partial charge in [-0.3, -0.25) is 0 Å². The van der Waals surface area contributed by atoms with Crippen molar-refractivity contribution in [1.29, 1.82) is 0 Å². The Hall–Kier alpha value is -3.06. The summed E-state index contributed by atoms with van der Waals surface area (Å²) in [7, 11) is -1.72. The highest BCUT2D eigenvalue weighted by molar-refractivity contribution is 7.72. The zero-order valence-corrected chi connectivity index (χ0v) is 32.0. The highest BCUT2D eigenvalue weighted by Gasteiger charge is 2.55. The summed E-state index contributed by atoms with van der Waals surface area (Å²) in [6.07, 6.45) is -0.129. The first-order chi connectivity index (χ1) is 22.8. The third kappa shape index (κ3) is 6.86. The van der Waals surface area contributed by atoms with Crippen molar-refractivity contribution in [1.82, 2.24) is 0 Å². The van der Waals surface area contributed by atoms with E-state index in [0.717, 1.165) is 23.0 Å². The molecule has 2 aliphatic heterocycles. The van der Waals surface area contributed by atoms with Crippen LogP contribution >= 0.6 is 15.8 Å². The maximum Gasteiger partial charge on any atom is 0.162 e. The van der Waals surface area contributed by atoms with Crippen LogP contribution in [0.2, 0.25) is 0 Å². The van der Waals surface area contributed by atoms with Crippen molar-refractivity contribution in [3.63, 3.8) is 0 Å². The van der Waals surface area contributed by atoms with Gasteiger partial charge in [0.1, 0.15) is 35.2 Å². The summed E-state index contributed by atoms with van der Waals surface area (Å²) in [4.78, 5) is 0. The van der Waals surface area contributed by atoms with Crippen LogP contribution in [0.4, 0.5) is 0 Å². The zero-order valence-electron chi connectivity index (χ0n) is 30.2. The van der Waals surface area contributed by atoms with Crippen LogP contribution in [0.3, 0.4) is 0 Å². The van der Waals surface area contributed by atoms with Crippen molar-refractivity contribution in [3.8, 4) is 23.0 Å². The second kappa shape index (κ2) is 13.7. The molecule has 4 aromatic rings. The number of ether oxygens (including phenoxy) is 4. The minimum absolute atomic E-state index is 0.0583. The average molecular weight is 683 g/mol. The SMILES string of the molecule is CC(C)[C@@H](Oc1cccc2c1[P@](C(C)(C)C)[C@H]([C@@H]1Oc3cccc(O[C@@H](c4ccccc4)C(C)C)c3[P@]1C(C)(C)C)O2)c1ccccc1. The van der Waals surface area contributed by atoms with Gasteiger partial charge in [-0.15, -0.1) is 0 Å². The summed E-state index contributed by atoms with van der Waals surface area (Å²) >= 11 is 0. The van der Waals surface area contributed by atoms with E-state index >= 15 is 0 Å². The molecule has 48 heavy (non-hydrogen) atoms. The molecule has 2 aliphatic rings. The van der Waals surface area contributed by atoms with Crippen molar-refractivity contribution in [2.45, 2.75) is 103 Å². The Balaban J connectivity index is 1.40. The van der Waals surface area contributed by atoms with Gasteiger partial charge >= 0.3 is 0 Å². The van der Waals surface area contributed by atoms with Gasteiger partial charge in [0.05, 0.1) is 10.6 Å². The Bertz CT molecular complexity index is 1560. The van der Waals surface area contributed by atoms with Crippen molar-refractivity contribution in [2.75, 3.05) is 0 Å². The quantitative estimate of drug-likeness (QED) is 0.165. The first-order valence-electron chi connectivity index (χ1n) is 17.4. The highest BCUT2D eigenvalue weighted by atomic mass is 31.1. The Labute approximate surface area is 291 Å². The molecule has 0 fully saturated rings. The molecular formula is C42H52O4P2. The van der Waals surface area contributed by atoms with Gasteiger partial charge in [-0.25, -0.2) is 0 Å². The van der Waals surface area contributed by atoms with E-state index in [1.165, 1.54) is 21.7 Å². The topological polar surface area (TPSA) is 36.9 Å². The minimum Gasteiger partial charge on any atom is -0.485 e. The monoisotopic (exact) mass is 682 g/mol. The third-order valence-electron chi connectivity index (χ3n) is 9.07. The van der Waals surface area contributed by atoms with Gasteiger partial charge in [-0.1, -0.05) is 142 Å². The van der Waals surface area contributed by atoms with Gasteiger partial charge in [-0.05, 0) is 73.4 Å². The Morgan fingerprint density at radius 1 is 0.500 bits per heavy atom. The van der Waals surface area contributed by atoms with E-state index < -0.39 is 15.8 Å². The van der Waals surface area contributed by atoms with E-state index in [4.69, 9.17) is 18.9 Å². The van der Waals surface area contributed by atoms with Crippen LogP contribution in [-0.2, 0) is 0 Å². The van der Waals surface area contributed by atoms with Crippen molar-refractivity contribution in [3.05, 3.63) is 108 Å². The van der Waals surface area contributed by atoms with Gasteiger partial charge < -0.3 is 18.9 Å². The van der Waals surface area contributed by atoms with Crippen LogP contribution in [0.5, 0.6) is 23.0 Å². The lowest BCUT2D eigenvalue weighted by atomic mass is 9.99. The molecule has 0 bridgehead atoms. The lowest BCUT2D eigenvalue weighted by Gasteiger charge is -2.40. The van der Waals surface area contributed by atoms with E-state index in [2.05, 4.69) is 166 Å². The lowest BCUT2D eigenvalue weighted by Crippen LogP contribution is -2.38. The van der Waals surface area contributed by atoms with E-state index in [9.17, 15) is 0 Å². The molecule has 0 saturated heterocycles. The molecule has 0 spiro atoms. The van der Waals surface area contributed by atoms with E-state index in [1.807, 2.05) is 0 Å². The molecule has 0 aromatic heterocycles. The Morgan fingerprint density at radius 3 is 1.17 bits per heavy atom. The number of rotatable bonds is 9. The van der Waals surface area contributed by atoms with Crippen molar-refractivity contribution >= 4 is 26.5 Å². The molecule has 0 aliphatic carbocycles. The van der Waals surface area contributed by atoms with Gasteiger partial charge in [0.2, 0.25) is 0 Å². The second-order valence-corrected chi connectivity index (χ2v) is 21.8. The fourth-order valence-corrected chi connectivity index (χ4v) is 13.7. The Morgan fingerprint density at radius 2 is 0.854 bits per heavy atom. The molecular weight excluding hydrogens is 630 g/mol. The summed E-state index contributed by atoms with van der Waals surface area (Å²) < 4.78 is 28.2. The maximum atomic E-state index is 7.10. The molecule has 0 amide bonds. The Kier molecular flexibility index (Phi) is 9.92. The van der Waals surface area contributed by atoms with Gasteiger partial charge in [0, 0.05) is 0 Å². The number of fused-ring (bicyclic) bond motifs is 2. The molecule has 4 nitrogen and oxygen atoms in total. The molecule has 6 atom stereocenters. The summed E-state index contributed by atoms with van der Waals surface area (Å²) in [6, 6.07) is 33.9. The summed E-state index contributed by atoms with van der Waals surface area (Å²) in [5.74, 6) is 4.06. The van der Waals surface area contributed by atoms with Crippen LogP contribution in [-0.4, -0.2) is 22.0 Å². The van der Waals surface area contributed by atoms with E-state index in [0.29, 0.717) is 11.8 Å². The minimum atomic E-state index is -0.862. The third-order valence-corrected chi connectivity index (χ3v) is 15.8. The molecule has 0 N–H and O–H groups in total. The van der Waals surface area contributed by atoms with Gasteiger partial charge in [-0.2, -0.15) is 0 Å². The van der Waals surface area contributed by atoms with E-state index in [1.54, 1.807) is 0 Å². The summed E-state index contributed by atoms with van der Waals surface area (Å²) in [6.45, 7) is 23.0. The van der Waals surface area contributed by atoms with E-state index in [-0.39, 0.29) is 34.2 Å². The predicted octanol–water partition coefficient (Wildman–Crippen LogP) is 11.2. The fourth-order valence-electron chi connectivity index (χ4n) is 7.02. The average Bonchev–Trinajstić information content (AvgIpc) is 3.63. The highest BCUT2D eigenvalue weighted by Crippen LogP contribution is 2.69. The molecule has 6 rings (SSSR count). The number of hydrogen-bond acceptors (Lipinski definition) is 4. The standard InChI is InChI=1S/C42H52O4P2/c1-27(2)35(29-19-13-11-14-20-29)43-31-23-17-25-33-37(31)47(41(5,6)7)39(45-33)40-46-34-26-18-24-32(38(34)48(40)42(8,9)10)44-36(28(3)4)30-21-15-12-16-22-30/h11-28,35-36,39-40H,1-10H3/t35-,36-,39-,40-,47+,48+/m1/s1. The van der Waals surface area contributed by atoms with Crippen LogP contribution in [0.25, 0.3) is 0 Å². The number of hydrogen-bond donors (Lipinski definition) is 0. The smallest absolute Gasteiger partial charge is 0.162 e. The largest absolute Gasteiger partial charge is 0.485 e. The summed E-state index contributed by atoms with van der Waals surface area (Å²) in [5, 5.41) is 2.32. The maximum absolute atomic E-state index is 7.10. The van der Waals surface area contributed by atoms with Gasteiger partial charge in [0.25, 0.3) is 0 Å². The van der Waals surface area contributed by atoms with Crippen molar-refractivity contribution in [2.24, 2.45) is 11.8 Å². The van der Waals surface area contributed by atoms with Crippen LogP contribution in [0.1, 0.15) is 92.6 Å². The van der Waals surface area contributed by atoms with Crippen LogP contribution in [0.15, 0.2) is 97.1 Å². The fraction of sp³-hybridized carbons (Fsp3) is 0.429. The lowest BCUT2D eigenvalue weighted by molar-refractivity contribution is 0.153. The van der Waals surface area contributed by atoms with Gasteiger partial charge in [0.15, 0.2) is 11.7 Å². The number of benzene rings is 4.